The molecular weight excluding hydrogens is 298 g/mol. The van der Waals surface area contributed by atoms with Gasteiger partial charge in [0.1, 0.15) is 17.5 Å². The summed E-state index contributed by atoms with van der Waals surface area (Å²) >= 11 is 0. The van der Waals surface area contributed by atoms with E-state index in [1.165, 1.54) is 31.6 Å². The molecule has 0 amide bonds. The van der Waals surface area contributed by atoms with Gasteiger partial charge in [-0.3, -0.25) is 0 Å². The van der Waals surface area contributed by atoms with Gasteiger partial charge in [0, 0.05) is 36.1 Å². The molecule has 128 valence electrons. The standard InChI is InChI=1S/C19H27N5/c1-14-20-17(13-18(21-14)23-19(2,3)4)22-15-7-9-16(10-8-15)24-11-5-6-12-24/h7-10,13H,5-6,11-12H2,1-4H3,(H2,20,21,22,23). The summed E-state index contributed by atoms with van der Waals surface area (Å²) in [6, 6.07) is 10.5. The highest BCUT2D eigenvalue weighted by Crippen LogP contribution is 2.24. The molecule has 1 aromatic carbocycles. The zero-order valence-corrected chi connectivity index (χ0v) is 15.1. The molecule has 1 fully saturated rings. The molecular formula is C19H27N5. The lowest BCUT2D eigenvalue weighted by Gasteiger charge is -2.22. The van der Waals surface area contributed by atoms with Crippen LogP contribution >= 0.6 is 0 Å². The second-order valence-corrected chi connectivity index (χ2v) is 7.43. The van der Waals surface area contributed by atoms with Crippen molar-refractivity contribution >= 4 is 23.0 Å². The Bertz CT molecular complexity index is 682. The summed E-state index contributed by atoms with van der Waals surface area (Å²) in [5.41, 5.74) is 2.31. The zero-order chi connectivity index (χ0) is 17.2. The fourth-order valence-corrected chi connectivity index (χ4v) is 2.96. The Morgan fingerprint density at radius 2 is 1.58 bits per heavy atom. The van der Waals surface area contributed by atoms with E-state index >= 15 is 0 Å². The minimum Gasteiger partial charge on any atom is -0.372 e. The molecule has 0 radical (unpaired) electrons. The summed E-state index contributed by atoms with van der Waals surface area (Å²) < 4.78 is 0. The molecule has 1 saturated heterocycles. The molecule has 0 atom stereocenters. The van der Waals surface area contributed by atoms with Crippen molar-refractivity contribution in [2.75, 3.05) is 28.6 Å². The van der Waals surface area contributed by atoms with E-state index < -0.39 is 0 Å². The summed E-state index contributed by atoms with van der Waals surface area (Å²) in [6.45, 7) is 10.6. The van der Waals surface area contributed by atoms with Crippen molar-refractivity contribution < 1.29 is 0 Å². The van der Waals surface area contributed by atoms with E-state index in [-0.39, 0.29) is 5.54 Å². The summed E-state index contributed by atoms with van der Waals surface area (Å²) in [5, 5.41) is 6.78. The normalized spacial score (nSPS) is 14.8. The maximum Gasteiger partial charge on any atom is 0.136 e. The van der Waals surface area contributed by atoms with Crippen molar-refractivity contribution in [3.05, 3.63) is 36.2 Å². The molecule has 0 saturated carbocycles. The highest BCUT2D eigenvalue weighted by Gasteiger charge is 2.13. The first-order valence-electron chi connectivity index (χ1n) is 8.65. The third kappa shape index (κ3) is 4.37. The van der Waals surface area contributed by atoms with Gasteiger partial charge in [-0.15, -0.1) is 0 Å². The van der Waals surface area contributed by atoms with E-state index in [9.17, 15) is 0 Å². The third-order valence-corrected chi connectivity index (χ3v) is 3.95. The molecule has 0 bridgehead atoms. The fourth-order valence-electron chi connectivity index (χ4n) is 2.96. The minimum absolute atomic E-state index is 0.0323. The Morgan fingerprint density at radius 1 is 0.958 bits per heavy atom. The lowest BCUT2D eigenvalue weighted by atomic mass is 10.1. The highest BCUT2D eigenvalue weighted by molar-refractivity contribution is 5.62. The monoisotopic (exact) mass is 325 g/mol. The number of nitrogens with zero attached hydrogens (tertiary/aromatic N) is 3. The van der Waals surface area contributed by atoms with Gasteiger partial charge in [-0.2, -0.15) is 0 Å². The first kappa shape index (κ1) is 16.6. The lowest BCUT2D eigenvalue weighted by Crippen LogP contribution is -2.26. The van der Waals surface area contributed by atoms with Crippen molar-refractivity contribution in [3.8, 4) is 0 Å². The van der Waals surface area contributed by atoms with Crippen molar-refractivity contribution in [3.63, 3.8) is 0 Å². The Balaban J connectivity index is 1.73. The van der Waals surface area contributed by atoms with E-state index in [0.717, 1.165) is 23.1 Å². The maximum absolute atomic E-state index is 4.49. The van der Waals surface area contributed by atoms with Gasteiger partial charge in [-0.05, 0) is 64.8 Å². The van der Waals surface area contributed by atoms with Gasteiger partial charge < -0.3 is 15.5 Å². The second kappa shape index (κ2) is 6.67. The number of aryl methyl sites for hydroxylation is 1. The number of hydrogen-bond acceptors (Lipinski definition) is 5. The number of benzene rings is 1. The van der Waals surface area contributed by atoms with Crippen LogP contribution < -0.4 is 15.5 Å². The minimum atomic E-state index is -0.0323. The molecule has 0 spiro atoms. The number of rotatable bonds is 4. The number of hydrogen-bond donors (Lipinski definition) is 2. The summed E-state index contributed by atoms with van der Waals surface area (Å²) in [7, 11) is 0. The average Bonchev–Trinajstić information content (AvgIpc) is 2.99. The number of aromatic nitrogens is 2. The molecule has 1 aromatic heterocycles. The van der Waals surface area contributed by atoms with Gasteiger partial charge in [-0.25, -0.2) is 9.97 Å². The highest BCUT2D eigenvalue weighted by atomic mass is 15.1. The molecule has 2 aromatic rings. The Morgan fingerprint density at radius 3 is 2.21 bits per heavy atom. The maximum atomic E-state index is 4.49. The first-order chi connectivity index (χ1) is 11.4. The van der Waals surface area contributed by atoms with Gasteiger partial charge in [0.2, 0.25) is 0 Å². The summed E-state index contributed by atoms with van der Waals surface area (Å²) in [5.74, 6) is 2.40. The van der Waals surface area contributed by atoms with Crippen LogP contribution in [0.4, 0.5) is 23.0 Å². The first-order valence-corrected chi connectivity index (χ1v) is 8.65. The second-order valence-electron chi connectivity index (χ2n) is 7.43. The number of anilines is 4. The summed E-state index contributed by atoms with van der Waals surface area (Å²) in [6.07, 6.45) is 2.59. The molecule has 24 heavy (non-hydrogen) atoms. The third-order valence-electron chi connectivity index (χ3n) is 3.95. The summed E-state index contributed by atoms with van der Waals surface area (Å²) in [4.78, 5) is 11.4. The quantitative estimate of drug-likeness (QED) is 0.876. The van der Waals surface area contributed by atoms with Crippen LogP contribution in [0.25, 0.3) is 0 Å². The van der Waals surface area contributed by atoms with Crippen molar-refractivity contribution in [1.29, 1.82) is 0 Å². The molecule has 1 aliphatic heterocycles. The van der Waals surface area contributed by atoms with Gasteiger partial charge in [0.15, 0.2) is 0 Å². The van der Waals surface area contributed by atoms with E-state index in [4.69, 9.17) is 0 Å². The predicted molar refractivity (Wildman–Crippen MR) is 101 cm³/mol. The molecule has 5 heteroatoms. The molecule has 2 N–H and O–H groups in total. The van der Waals surface area contributed by atoms with Crippen molar-refractivity contribution in [1.82, 2.24) is 9.97 Å². The Labute approximate surface area is 144 Å². The van der Waals surface area contributed by atoms with Crippen LogP contribution in [-0.4, -0.2) is 28.6 Å². The lowest BCUT2D eigenvalue weighted by molar-refractivity contribution is 0.629. The van der Waals surface area contributed by atoms with E-state index in [1.807, 2.05) is 13.0 Å². The molecule has 5 nitrogen and oxygen atoms in total. The van der Waals surface area contributed by atoms with Gasteiger partial charge >= 0.3 is 0 Å². The molecule has 3 rings (SSSR count). The smallest absolute Gasteiger partial charge is 0.136 e. The Hall–Kier alpha value is -2.30. The van der Waals surface area contributed by atoms with E-state index in [1.54, 1.807) is 0 Å². The van der Waals surface area contributed by atoms with Crippen molar-refractivity contribution in [2.24, 2.45) is 0 Å². The van der Waals surface area contributed by atoms with E-state index in [0.29, 0.717) is 0 Å². The SMILES string of the molecule is Cc1nc(Nc2ccc(N3CCCC3)cc2)cc(NC(C)(C)C)n1. The Kier molecular flexibility index (Phi) is 4.60. The van der Waals surface area contributed by atoms with Crippen LogP contribution in [0.2, 0.25) is 0 Å². The van der Waals surface area contributed by atoms with Crippen molar-refractivity contribution in [2.45, 2.75) is 46.1 Å². The van der Waals surface area contributed by atoms with Gasteiger partial charge in [-0.1, -0.05) is 0 Å². The van der Waals surface area contributed by atoms with Crippen LogP contribution in [-0.2, 0) is 0 Å². The van der Waals surface area contributed by atoms with Crippen LogP contribution in [0, 0.1) is 6.92 Å². The number of nitrogens with one attached hydrogen (secondary N) is 2. The van der Waals surface area contributed by atoms with Crippen LogP contribution in [0.5, 0.6) is 0 Å². The molecule has 1 aliphatic rings. The van der Waals surface area contributed by atoms with Crippen LogP contribution in [0.15, 0.2) is 30.3 Å². The van der Waals surface area contributed by atoms with Gasteiger partial charge in [0.25, 0.3) is 0 Å². The molecule has 0 aliphatic carbocycles. The molecule has 2 heterocycles. The van der Waals surface area contributed by atoms with Gasteiger partial charge in [0.05, 0.1) is 0 Å². The topological polar surface area (TPSA) is 53.1 Å². The van der Waals surface area contributed by atoms with Crippen LogP contribution in [0.1, 0.15) is 39.4 Å². The molecule has 0 unspecified atom stereocenters. The predicted octanol–water partition coefficient (Wildman–Crippen LogP) is 4.34. The zero-order valence-electron chi connectivity index (χ0n) is 15.1. The largest absolute Gasteiger partial charge is 0.372 e. The average molecular weight is 325 g/mol. The van der Waals surface area contributed by atoms with Crippen LogP contribution in [0.3, 0.4) is 0 Å². The van der Waals surface area contributed by atoms with E-state index in [2.05, 4.69) is 70.5 Å². The fraction of sp³-hybridized carbons (Fsp3) is 0.474.